The van der Waals surface area contributed by atoms with Crippen molar-refractivity contribution in [1.29, 1.82) is 0 Å². The van der Waals surface area contributed by atoms with E-state index in [2.05, 4.69) is 9.71 Å². The minimum absolute atomic E-state index is 0.109. The number of sulfonamides is 1. The quantitative estimate of drug-likeness (QED) is 0.678. The van der Waals surface area contributed by atoms with Crippen molar-refractivity contribution in [3.05, 3.63) is 69.8 Å². The maximum Gasteiger partial charge on any atom is 0.270 e. The van der Waals surface area contributed by atoms with Gasteiger partial charge in [-0.3, -0.25) is 19.8 Å². The van der Waals surface area contributed by atoms with Gasteiger partial charge in [0, 0.05) is 17.7 Å². The number of nitrogens with one attached hydrogen (secondary N) is 1. The van der Waals surface area contributed by atoms with Gasteiger partial charge in [0.15, 0.2) is 0 Å². The van der Waals surface area contributed by atoms with Crippen molar-refractivity contribution in [3.63, 3.8) is 0 Å². The second-order valence-electron chi connectivity index (χ2n) is 5.56. The van der Waals surface area contributed by atoms with Gasteiger partial charge in [-0.25, -0.2) is 8.42 Å². The number of benzene rings is 2. The molecule has 1 atom stereocenters. The number of rotatable bonds is 4. The molecule has 0 unspecified atom stereocenters. The molecule has 0 amide bonds. The smallest absolute Gasteiger partial charge is 0.264 e. The van der Waals surface area contributed by atoms with E-state index in [1.807, 2.05) is 37.3 Å². The summed E-state index contributed by atoms with van der Waals surface area (Å²) >= 11 is 0. The van der Waals surface area contributed by atoms with Crippen molar-refractivity contribution in [3.8, 4) is 0 Å². The van der Waals surface area contributed by atoms with E-state index in [1.165, 1.54) is 12.1 Å². The second kappa shape index (κ2) is 6.04. The van der Waals surface area contributed by atoms with Gasteiger partial charge in [-0.15, -0.1) is 0 Å². The molecule has 0 saturated carbocycles. The molecule has 1 aliphatic rings. The Balaban J connectivity index is 1.93. The van der Waals surface area contributed by atoms with Gasteiger partial charge in [0.2, 0.25) is 0 Å². The number of nitro groups is 1. The molecule has 7 nitrogen and oxygen atoms in total. The van der Waals surface area contributed by atoms with Crippen LogP contribution in [-0.4, -0.2) is 25.2 Å². The van der Waals surface area contributed by atoms with Gasteiger partial charge >= 0.3 is 0 Å². The molecule has 0 aliphatic carbocycles. The van der Waals surface area contributed by atoms with E-state index >= 15 is 0 Å². The molecule has 24 heavy (non-hydrogen) atoms. The molecular formula is C16H15N3O4S. The highest BCUT2D eigenvalue weighted by atomic mass is 32.2. The third-order valence-corrected chi connectivity index (χ3v) is 5.05. The fraction of sp³-hybridized carbons (Fsp3) is 0.188. The largest absolute Gasteiger partial charge is 0.270 e. The predicted molar refractivity (Wildman–Crippen MR) is 89.6 cm³/mol. The van der Waals surface area contributed by atoms with Crippen LogP contribution >= 0.6 is 0 Å². The van der Waals surface area contributed by atoms with E-state index in [0.29, 0.717) is 12.0 Å². The first-order valence-corrected chi connectivity index (χ1v) is 8.78. The van der Waals surface area contributed by atoms with E-state index < -0.39 is 14.9 Å². The molecule has 0 saturated heterocycles. The number of fused-ring (bicyclic) bond motifs is 1. The maximum atomic E-state index is 12.2. The van der Waals surface area contributed by atoms with E-state index in [-0.39, 0.29) is 22.5 Å². The van der Waals surface area contributed by atoms with Crippen molar-refractivity contribution in [2.24, 2.45) is 4.99 Å². The lowest BCUT2D eigenvalue weighted by molar-refractivity contribution is -0.385. The van der Waals surface area contributed by atoms with Gasteiger partial charge in [-0.05, 0) is 25.0 Å². The van der Waals surface area contributed by atoms with Crippen LogP contribution < -0.4 is 4.72 Å². The lowest BCUT2D eigenvalue weighted by Gasteiger charge is -2.08. The molecule has 3 rings (SSSR count). The lowest BCUT2D eigenvalue weighted by atomic mass is 10.1. The van der Waals surface area contributed by atoms with E-state index in [0.717, 1.165) is 11.6 Å². The van der Waals surface area contributed by atoms with Crippen LogP contribution in [0.15, 0.2) is 58.4 Å². The highest BCUT2D eigenvalue weighted by Crippen LogP contribution is 2.27. The first-order valence-electron chi connectivity index (χ1n) is 7.30. The van der Waals surface area contributed by atoms with Crippen molar-refractivity contribution in [2.75, 3.05) is 0 Å². The molecule has 124 valence electrons. The Morgan fingerprint density at radius 1 is 1.21 bits per heavy atom. The molecular weight excluding hydrogens is 330 g/mol. The average Bonchev–Trinajstić information content (AvgIpc) is 2.78. The number of nitrogens with zero attached hydrogens (tertiary/aromatic N) is 2. The maximum absolute atomic E-state index is 12.2. The van der Waals surface area contributed by atoms with Crippen molar-refractivity contribution in [2.45, 2.75) is 24.3 Å². The monoisotopic (exact) mass is 345 g/mol. The molecule has 0 aromatic heterocycles. The minimum Gasteiger partial charge on any atom is -0.264 e. The van der Waals surface area contributed by atoms with Crippen LogP contribution in [0, 0.1) is 10.1 Å². The number of amidine groups is 1. The molecule has 2 aromatic rings. The Labute approximate surface area is 139 Å². The first-order chi connectivity index (χ1) is 11.4. The summed E-state index contributed by atoms with van der Waals surface area (Å²) in [5, 5.41) is 10.8. The summed E-state index contributed by atoms with van der Waals surface area (Å²) in [5.41, 5.74) is 1.19. The van der Waals surface area contributed by atoms with Crippen LogP contribution in [0.4, 0.5) is 5.69 Å². The Kier molecular flexibility index (Phi) is 4.06. The van der Waals surface area contributed by atoms with Crippen LogP contribution in [0.5, 0.6) is 0 Å². The van der Waals surface area contributed by atoms with E-state index in [1.54, 1.807) is 0 Å². The Morgan fingerprint density at radius 2 is 1.92 bits per heavy atom. The first kappa shape index (κ1) is 16.1. The van der Waals surface area contributed by atoms with Crippen LogP contribution in [0.1, 0.15) is 18.1 Å². The van der Waals surface area contributed by atoms with E-state index in [4.69, 9.17) is 0 Å². The zero-order valence-corrected chi connectivity index (χ0v) is 13.7. The zero-order chi connectivity index (χ0) is 17.3. The number of hydrogen-bond acceptors (Lipinski definition) is 5. The molecule has 1 aliphatic heterocycles. The Morgan fingerprint density at radius 3 is 2.58 bits per heavy atom. The number of aliphatic imine (C=N–C) groups is 1. The normalized spacial score (nSPS) is 18.0. The summed E-state index contributed by atoms with van der Waals surface area (Å²) in [4.78, 5) is 14.5. The van der Waals surface area contributed by atoms with E-state index in [9.17, 15) is 18.5 Å². The van der Waals surface area contributed by atoms with Crippen molar-refractivity contribution in [1.82, 2.24) is 4.72 Å². The van der Waals surface area contributed by atoms with Crippen LogP contribution in [0.3, 0.4) is 0 Å². The fourth-order valence-electron chi connectivity index (χ4n) is 2.60. The summed E-state index contributed by atoms with van der Waals surface area (Å²) in [6.45, 7) is 1.89. The van der Waals surface area contributed by atoms with Gasteiger partial charge in [-0.1, -0.05) is 30.3 Å². The molecule has 1 heterocycles. The summed E-state index contributed by atoms with van der Waals surface area (Å²) in [7, 11) is -3.81. The minimum atomic E-state index is -3.81. The number of non-ortho nitro benzene ring substituents is 1. The van der Waals surface area contributed by atoms with Crippen LogP contribution in [0.2, 0.25) is 0 Å². The van der Waals surface area contributed by atoms with Crippen molar-refractivity contribution < 1.29 is 13.3 Å². The Hall–Kier alpha value is -2.74. The molecule has 1 N–H and O–H groups in total. The fourth-order valence-corrected chi connectivity index (χ4v) is 3.85. The highest BCUT2D eigenvalue weighted by Gasteiger charge is 2.32. The lowest BCUT2D eigenvalue weighted by Crippen LogP contribution is -2.24. The predicted octanol–water partition coefficient (Wildman–Crippen LogP) is 2.26. The Bertz CT molecular complexity index is 924. The molecule has 0 spiro atoms. The van der Waals surface area contributed by atoms with Crippen LogP contribution in [-0.2, 0) is 16.4 Å². The van der Waals surface area contributed by atoms with Gasteiger partial charge in [0.25, 0.3) is 15.7 Å². The average molecular weight is 345 g/mol. The van der Waals surface area contributed by atoms with Gasteiger partial charge in [0.1, 0.15) is 10.7 Å². The third kappa shape index (κ3) is 3.13. The summed E-state index contributed by atoms with van der Waals surface area (Å²) in [6.07, 6.45) is 0.661. The standard InChI is InChI=1S/C16H15N3O4S/c1-11(9-12-5-3-2-4-6-12)17-16-14-8-7-13(19(20)21)10-15(14)24(22,23)18-16/h2-8,10-11H,9H2,1H3,(H,17,18)/t11-/m1/s1. The second-order valence-corrected chi connectivity index (χ2v) is 7.21. The molecule has 0 radical (unpaired) electrons. The molecule has 8 heteroatoms. The van der Waals surface area contributed by atoms with Gasteiger partial charge in [-0.2, -0.15) is 0 Å². The van der Waals surface area contributed by atoms with Crippen LogP contribution in [0.25, 0.3) is 0 Å². The summed E-state index contributed by atoms with van der Waals surface area (Å²) in [5.74, 6) is 0.225. The topological polar surface area (TPSA) is 102 Å². The number of nitro benzene ring substituents is 1. The summed E-state index contributed by atoms with van der Waals surface area (Å²) in [6, 6.07) is 13.4. The third-order valence-electron chi connectivity index (χ3n) is 3.68. The summed E-state index contributed by atoms with van der Waals surface area (Å²) < 4.78 is 26.7. The zero-order valence-electron chi connectivity index (χ0n) is 12.8. The van der Waals surface area contributed by atoms with Gasteiger partial charge < -0.3 is 0 Å². The molecule has 2 aromatic carbocycles. The van der Waals surface area contributed by atoms with Crippen molar-refractivity contribution >= 4 is 21.5 Å². The SMILES string of the molecule is C[C@H](Cc1ccccc1)N=C1NS(=O)(=O)c2cc([N+](=O)[O-])ccc21. The van der Waals surface area contributed by atoms with Gasteiger partial charge in [0.05, 0.1) is 11.0 Å². The molecule has 0 fully saturated rings. The molecule has 0 bridgehead atoms. The number of hydrogen-bond donors (Lipinski definition) is 1. The highest BCUT2D eigenvalue weighted by molar-refractivity contribution is 7.90.